The van der Waals surface area contributed by atoms with Crippen molar-refractivity contribution in [3.05, 3.63) is 60.9 Å². The number of halogens is 3. The van der Waals surface area contributed by atoms with Crippen LogP contribution >= 0.6 is 0 Å². The van der Waals surface area contributed by atoms with Crippen LogP contribution in [0.25, 0.3) is 11.3 Å². The van der Waals surface area contributed by atoms with E-state index in [2.05, 4.69) is 25.3 Å². The standard InChI is InChI=1S/C15H10F3N5/c16-15(17,18)13-2-1-11(8-20-13)23-14-7-12(21-9-22-14)10-3-5-19-6-4-10/h1-9H,(H,21,22,23). The van der Waals surface area contributed by atoms with Crippen LogP contribution in [-0.4, -0.2) is 19.9 Å². The second kappa shape index (κ2) is 5.99. The van der Waals surface area contributed by atoms with Crippen molar-refractivity contribution in [1.29, 1.82) is 0 Å². The van der Waals surface area contributed by atoms with Crippen molar-refractivity contribution in [2.75, 3.05) is 5.32 Å². The third kappa shape index (κ3) is 3.60. The Hall–Kier alpha value is -3.03. The highest BCUT2D eigenvalue weighted by molar-refractivity contribution is 5.64. The fraction of sp³-hybridized carbons (Fsp3) is 0.0667. The third-order valence-electron chi connectivity index (χ3n) is 2.97. The number of hydrogen-bond donors (Lipinski definition) is 1. The zero-order valence-corrected chi connectivity index (χ0v) is 11.6. The number of pyridine rings is 2. The lowest BCUT2D eigenvalue weighted by atomic mass is 10.2. The zero-order chi connectivity index (χ0) is 16.3. The Morgan fingerprint density at radius 1 is 0.913 bits per heavy atom. The molecule has 116 valence electrons. The summed E-state index contributed by atoms with van der Waals surface area (Å²) >= 11 is 0. The lowest BCUT2D eigenvalue weighted by molar-refractivity contribution is -0.141. The SMILES string of the molecule is FC(F)(F)c1ccc(Nc2cc(-c3ccncc3)ncn2)cn1. The smallest absolute Gasteiger partial charge is 0.339 e. The maximum atomic E-state index is 12.5. The quantitative estimate of drug-likeness (QED) is 0.798. The summed E-state index contributed by atoms with van der Waals surface area (Å²) in [6, 6.07) is 7.49. The van der Waals surface area contributed by atoms with Crippen molar-refractivity contribution in [2.45, 2.75) is 6.18 Å². The van der Waals surface area contributed by atoms with Gasteiger partial charge in [-0.3, -0.25) is 4.98 Å². The van der Waals surface area contributed by atoms with Crippen molar-refractivity contribution < 1.29 is 13.2 Å². The number of alkyl halides is 3. The Morgan fingerprint density at radius 3 is 2.35 bits per heavy atom. The molecule has 0 radical (unpaired) electrons. The predicted octanol–water partition coefficient (Wildman–Crippen LogP) is 3.70. The molecule has 0 unspecified atom stereocenters. The summed E-state index contributed by atoms with van der Waals surface area (Å²) in [6.45, 7) is 0. The Bertz CT molecular complexity index is 788. The van der Waals surface area contributed by atoms with Gasteiger partial charge < -0.3 is 5.32 Å². The largest absolute Gasteiger partial charge is 0.433 e. The van der Waals surface area contributed by atoms with Gasteiger partial charge in [0.25, 0.3) is 0 Å². The van der Waals surface area contributed by atoms with E-state index in [0.717, 1.165) is 17.8 Å². The first-order valence-corrected chi connectivity index (χ1v) is 6.55. The number of rotatable bonds is 3. The summed E-state index contributed by atoms with van der Waals surface area (Å²) in [5, 5.41) is 2.90. The van der Waals surface area contributed by atoms with E-state index in [4.69, 9.17) is 0 Å². The maximum Gasteiger partial charge on any atom is 0.433 e. The fourth-order valence-corrected chi connectivity index (χ4v) is 1.89. The topological polar surface area (TPSA) is 63.6 Å². The van der Waals surface area contributed by atoms with Crippen molar-refractivity contribution in [2.24, 2.45) is 0 Å². The molecule has 5 nitrogen and oxygen atoms in total. The molecule has 0 saturated heterocycles. The van der Waals surface area contributed by atoms with Gasteiger partial charge in [0.2, 0.25) is 0 Å². The van der Waals surface area contributed by atoms with E-state index in [-0.39, 0.29) is 0 Å². The van der Waals surface area contributed by atoms with Crippen LogP contribution in [0.3, 0.4) is 0 Å². The number of aromatic nitrogens is 4. The molecule has 23 heavy (non-hydrogen) atoms. The van der Waals surface area contributed by atoms with Crippen LogP contribution in [0.5, 0.6) is 0 Å². The molecule has 0 aliphatic rings. The van der Waals surface area contributed by atoms with E-state index in [1.165, 1.54) is 12.4 Å². The Labute approximate surface area is 129 Å². The Balaban J connectivity index is 1.81. The van der Waals surface area contributed by atoms with Crippen LogP contribution in [0, 0.1) is 0 Å². The second-order valence-corrected chi connectivity index (χ2v) is 4.58. The van der Waals surface area contributed by atoms with Crippen molar-refractivity contribution >= 4 is 11.5 Å². The van der Waals surface area contributed by atoms with Gasteiger partial charge in [-0.05, 0) is 24.3 Å². The van der Waals surface area contributed by atoms with Gasteiger partial charge in [0, 0.05) is 24.0 Å². The van der Waals surface area contributed by atoms with Crippen molar-refractivity contribution in [3.63, 3.8) is 0 Å². The molecular formula is C15H10F3N5. The van der Waals surface area contributed by atoms with Crippen LogP contribution in [-0.2, 0) is 6.18 Å². The molecule has 0 saturated carbocycles. The lowest BCUT2D eigenvalue weighted by Gasteiger charge is -2.09. The summed E-state index contributed by atoms with van der Waals surface area (Å²) in [6.07, 6.45) is 1.31. The first-order valence-electron chi connectivity index (χ1n) is 6.55. The normalized spacial score (nSPS) is 11.3. The monoisotopic (exact) mass is 317 g/mol. The van der Waals surface area contributed by atoms with E-state index in [1.807, 2.05) is 0 Å². The van der Waals surface area contributed by atoms with Crippen molar-refractivity contribution in [3.8, 4) is 11.3 Å². The van der Waals surface area contributed by atoms with Gasteiger partial charge in [0.1, 0.15) is 17.8 Å². The molecule has 0 aliphatic carbocycles. The molecule has 3 rings (SSSR count). The highest BCUT2D eigenvalue weighted by atomic mass is 19.4. The van der Waals surface area contributed by atoms with Gasteiger partial charge in [-0.1, -0.05) is 0 Å². The van der Waals surface area contributed by atoms with E-state index in [1.54, 1.807) is 30.6 Å². The lowest BCUT2D eigenvalue weighted by Crippen LogP contribution is -2.07. The maximum absolute atomic E-state index is 12.5. The minimum atomic E-state index is -4.46. The first-order chi connectivity index (χ1) is 11.0. The van der Waals surface area contributed by atoms with Crippen LogP contribution in [0.2, 0.25) is 0 Å². The van der Waals surface area contributed by atoms with Gasteiger partial charge >= 0.3 is 6.18 Å². The highest BCUT2D eigenvalue weighted by Gasteiger charge is 2.32. The van der Waals surface area contributed by atoms with Gasteiger partial charge in [0.05, 0.1) is 17.6 Å². The van der Waals surface area contributed by atoms with Crippen molar-refractivity contribution in [1.82, 2.24) is 19.9 Å². The van der Waals surface area contributed by atoms with Gasteiger partial charge in [-0.25, -0.2) is 15.0 Å². The van der Waals surface area contributed by atoms with Gasteiger partial charge in [-0.15, -0.1) is 0 Å². The summed E-state index contributed by atoms with van der Waals surface area (Å²) in [5.41, 5.74) is 0.987. The van der Waals surface area contributed by atoms with Gasteiger partial charge in [-0.2, -0.15) is 13.2 Å². The molecule has 3 aromatic heterocycles. The molecule has 0 bridgehead atoms. The molecule has 3 heterocycles. The molecule has 0 spiro atoms. The summed E-state index contributed by atoms with van der Waals surface area (Å²) in [5.74, 6) is 0.452. The minimum absolute atomic E-state index is 0.400. The molecule has 0 aliphatic heterocycles. The van der Waals surface area contributed by atoms with Crippen LogP contribution in [0.4, 0.5) is 24.7 Å². The van der Waals surface area contributed by atoms with Crippen LogP contribution < -0.4 is 5.32 Å². The Kier molecular flexibility index (Phi) is 3.88. The van der Waals surface area contributed by atoms with E-state index < -0.39 is 11.9 Å². The summed E-state index contributed by atoms with van der Waals surface area (Å²) in [7, 11) is 0. The zero-order valence-electron chi connectivity index (χ0n) is 11.6. The number of anilines is 2. The number of hydrogen-bond acceptors (Lipinski definition) is 5. The molecule has 0 aromatic carbocycles. The molecule has 0 amide bonds. The minimum Gasteiger partial charge on any atom is -0.339 e. The molecule has 0 atom stereocenters. The van der Waals surface area contributed by atoms with Crippen LogP contribution in [0.1, 0.15) is 5.69 Å². The first kappa shape index (κ1) is 14.9. The number of nitrogens with one attached hydrogen (secondary N) is 1. The third-order valence-corrected chi connectivity index (χ3v) is 2.97. The number of nitrogens with zero attached hydrogens (tertiary/aromatic N) is 4. The predicted molar refractivity (Wildman–Crippen MR) is 77.8 cm³/mol. The Morgan fingerprint density at radius 2 is 1.70 bits per heavy atom. The van der Waals surface area contributed by atoms with Crippen LogP contribution in [0.15, 0.2) is 55.2 Å². The highest BCUT2D eigenvalue weighted by Crippen LogP contribution is 2.28. The average Bonchev–Trinajstić information content (AvgIpc) is 2.56. The van der Waals surface area contributed by atoms with Gasteiger partial charge in [0.15, 0.2) is 0 Å². The van der Waals surface area contributed by atoms with E-state index in [9.17, 15) is 13.2 Å². The van der Waals surface area contributed by atoms with E-state index in [0.29, 0.717) is 17.2 Å². The molecular weight excluding hydrogens is 307 g/mol. The molecule has 3 aromatic rings. The van der Waals surface area contributed by atoms with E-state index >= 15 is 0 Å². The molecule has 8 heteroatoms. The fourth-order valence-electron chi connectivity index (χ4n) is 1.89. The second-order valence-electron chi connectivity index (χ2n) is 4.58. The average molecular weight is 317 g/mol. The summed E-state index contributed by atoms with van der Waals surface area (Å²) < 4.78 is 37.4. The summed E-state index contributed by atoms with van der Waals surface area (Å²) in [4.78, 5) is 15.5. The molecule has 0 fully saturated rings. The molecule has 1 N–H and O–H groups in total.